The highest BCUT2D eigenvalue weighted by Crippen LogP contribution is 2.29. The number of hydrogen-bond acceptors (Lipinski definition) is 3. The van der Waals surface area contributed by atoms with Crippen molar-refractivity contribution in [2.24, 2.45) is 5.84 Å². The Hall–Kier alpha value is -1.24. The maximum absolute atomic E-state index is 14.1. The van der Waals surface area contributed by atoms with Gasteiger partial charge < -0.3 is 0 Å². The summed E-state index contributed by atoms with van der Waals surface area (Å²) in [5.41, 5.74) is 4.86. The molecule has 0 bridgehead atoms. The number of hydrogen-bond donors (Lipinski definition) is 2. The number of aryl methyl sites for hydroxylation is 2. The highest BCUT2D eigenvalue weighted by Gasteiger charge is 2.23. The topological polar surface area (TPSA) is 55.9 Å². The molecule has 0 aliphatic heterocycles. The van der Waals surface area contributed by atoms with E-state index in [0.29, 0.717) is 12.1 Å². The van der Waals surface area contributed by atoms with Gasteiger partial charge in [0.25, 0.3) is 0 Å². The van der Waals surface area contributed by atoms with Crippen LogP contribution in [-0.2, 0) is 6.54 Å². The molecule has 0 spiro atoms. The maximum atomic E-state index is 14.1. The van der Waals surface area contributed by atoms with Gasteiger partial charge in [-0.1, -0.05) is 12.1 Å². The van der Waals surface area contributed by atoms with Crippen LogP contribution in [0.1, 0.15) is 29.8 Å². The summed E-state index contributed by atoms with van der Waals surface area (Å²) in [6, 6.07) is 4.66. The standard InChI is InChI=1S/C13H16BrFN4/c1-3-19-13(10(14)7-17-19)12(18-16)9-5-4-8(2)6-11(9)15/h4-7,12,18H,3,16H2,1-2H3. The Bertz CT molecular complexity index is 582. The summed E-state index contributed by atoms with van der Waals surface area (Å²) in [6.45, 7) is 4.51. The normalized spacial score (nSPS) is 12.7. The molecule has 2 rings (SSSR count). The molecular formula is C13H16BrFN4. The van der Waals surface area contributed by atoms with E-state index in [9.17, 15) is 4.39 Å². The average molecular weight is 327 g/mol. The first-order valence-corrected chi connectivity index (χ1v) is 6.81. The van der Waals surface area contributed by atoms with E-state index in [2.05, 4.69) is 26.5 Å². The van der Waals surface area contributed by atoms with Crippen molar-refractivity contribution >= 4 is 15.9 Å². The van der Waals surface area contributed by atoms with Crippen LogP contribution < -0.4 is 11.3 Å². The number of hydrazine groups is 1. The van der Waals surface area contributed by atoms with Crippen LogP contribution in [-0.4, -0.2) is 9.78 Å². The predicted molar refractivity (Wildman–Crippen MR) is 75.9 cm³/mol. The number of halogens is 2. The molecule has 0 aliphatic carbocycles. The first-order chi connectivity index (χ1) is 9.08. The summed E-state index contributed by atoms with van der Waals surface area (Å²) < 4.78 is 16.7. The minimum absolute atomic E-state index is 0.279. The van der Waals surface area contributed by atoms with Crippen molar-refractivity contribution in [2.45, 2.75) is 26.4 Å². The van der Waals surface area contributed by atoms with Crippen LogP contribution in [0.5, 0.6) is 0 Å². The molecule has 0 amide bonds. The lowest BCUT2D eigenvalue weighted by atomic mass is 10.0. The SMILES string of the molecule is CCn1ncc(Br)c1C(NN)c1ccc(C)cc1F. The maximum Gasteiger partial charge on any atom is 0.128 e. The fourth-order valence-corrected chi connectivity index (χ4v) is 2.62. The fourth-order valence-electron chi connectivity index (χ4n) is 2.09. The van der Waals surface area contributed by atoms with Gasteiger partial charge in [0.1, 0.15) is 5.82 Å². The van der Waals surface area contributed by atoms with Crippen LogP contribution in [0.3, 0.4) is 0 Å². The van der Waals surface area contributed by atoms with Crippen LogP contribution in [0.15, 0.2) is 28.9 Å². The van der Waals surface area contributed by atoms with Crippen molar-refractivity contribution in [3.63, 3.8) is 0 Å². The fraction of sp³-hybridized carbons (Fsp3) is 0.308. The summed E-state index contributed by atoms with van der Waals surface area (Å²) in [5.74, 6) is 5.34. The third kappa shape index (κ3) is 2.70. The monoisotopic (exact) mass is 326 g/mol. The van der Waals surface area contributed by atoms with E-state index in [4.69, 9.17) is 5.84 Å². The zero-order chi connectivity index (χ0) is 14.0. The number of benzene rings is 1. The zero-order valence-corrected chi connectivity index (χ0v) is 12.4. The summed E-state index contributed by atoms with van der Waals surface area (Å²) in [5, 5.41) is 4.23. The molecule has 1 unspecified atom stereocenters. The summed E-state index contributed by atoms with van der Waals surface area (Å²) >= 11 is 3.43. The molecule has 6 heteroatoms. The van der Waals surface area contributed by atoms with Gasteiger partial charge in [0.2, 0.25) is 0 Å². The predicted octanol–water partition coefficient (Wildman–Crippen LogP) is 2.67. The van der Waals surface area contributed by atoms with Crippen molar-refractivity contribution in [3.8, 4) is 0 Å². The molecule has 102 valence electrons. The Morgan fingerprint density at radius 2 is 2.26 bits per heavy atom. The van der Waals surface area contributed by atoms with E-state index in [-0.39, 0.29) is 5.82 Å². The van der Waals surface area contributed by atoms with E-state index in [1.165, 1.54) is 6.07 Å². The lowest BCUT2D eigenvalue weighted by molar-refractivity contribution is 0.514. The van der Waals surface area contributed by atoms with Crippen molar-refractivity contribution in [1.29, 1.82) is 0 Å². The Morgan fingerprint density at radius 3 is 2.84 bits per heavy atom. The van der Waals surface area contributed by atoms with E-state index in [1.54, 1.807) is 16.9 Å². The van der Waals surface area contributed by atoms with Gasteiger partial charge in [0, 0.05) is 12.1 Å². The van der Waals surface area contributed by atoms with Gasteiger partial charge in [0.05, 0.1) is 22.4 Å². The van der Waals surface area contributed by atoms with Crippen LogP contribution in [0.25, 0.3) is 0 Å². The van der Waals surface area contributed by atoms with Crippen molar-refractivity contribution in [1.82, 2.24) is 15.2 Å². The van der Waals surface area contributed by atoms with Gasteiger partial charge in [-0.05, 0) is 41.4 Å². The first kappa shape index (κ1) is 14.2. The number of nitrogens with one attached hydrogen (secondary N) is 1. The van der Waals surface area contributed by atoms with Gasteiger partial charge in [-0.2, -0.15) is 5.10 Å². The van der Waals surface area contributed by atoms with E-state index >= 15 is 0 Å². The Balaban J connectivity index is 2.52. The Labute approximate surface area is 119 Å². The van der Waals surface area contributed by atoms with E-state index in [1.807, 2.05) is 19.9 Å². The number of rotatable bonds is 4. The van der Waals surface area contributed by atoms with Crippen LogP contribution in [0.2, 0.25) is 0 Å². The summed E-state index contributed by atoms with van der Waals surface area (Å²) in [4.78, 5) is 0. The molecule has 1 aromatic carbocycles. The Morgan fingerprint density at radius 1 is 1.53 bits per heavy atom. The molecule has 1 heterocycles. The van der Waals surface area contributed by atoms with Crippen molar-refractivity contribution in [3.05, 3.63) is 51.5 Å². The minimum Gasteiger partial charge on any atom is -0.271 e. The molecule has 2 aromatic rings. The summed E-state index contributed by atoms with van der Waals surface area (Å²) in [6.07, 6.45) is 1.69. The quantitative estimate of drug-likeness (QED) is 0.671. The lowest BCUT2D eigenvalue weighted by Crippen LogP contribution is -2.31. The average Bonchev–Trinajstić information content (AvgIpc) is 2.74. The lowest BCUT2D eigenvalue weighted by Gasteiger charge is -2.19. The van der Waals surface area contributed by atoms with Gasteiger partial charge in [0.15, 0.2) is 0 Å². The second-order valence-electron chi connectivity index (χ2n) is 4.32. The summed E-state index contributed by atoms with van der Waals surface area (Å²) in [7, 11) is 0. The van der Waals surface area contributed by atoms with Crippen LogP contribution in [0.4, 0.5) is 4.39 Å². The number of nitrogens with two attached hydrogens (primary N) is 1. The Kier molecular flexibility index (Phi) is 4.34. The van der Waals surface area contributed by atoms with Crippen LogP contribution in [0, 0.1) is 12.7 Å². The molecule has 0 radical (unpaired) electrons. The molecular weight excluding hydrogens is 311 g/mol. The second kappa shape index (κ2) is 5.81. The van der Waals surface area contributed by atoms with Crippen molar-refractivity contribution in [2.75, 3.05) is 0 Å². The molecule has 1 atom stereocenters. The van der Waals surface area contributed by atoms with E-state index < -0.39 is 6.04 Å². The molecule has 0 aliphatic rings. The minimum atomic E-state index is -0.447. The zero-order valence-electron chi connectivity index (χ0n) is 10.8. The molecule has 4 nitrogen and oxygen atoms in total. The van der Waals surface area contributed by atoms with Gasteiger partial charge in [-0.25, -0.2) is 9.82 Å². The highest BCUT2D eigenvalue weighted by molar-refractivity contribution is 9.10. The van der Waals surface area contributed by atoms with Crippen LogP contribution >= 0.6 is 15.9 Å². The molecule has 0 saturated carbocycles. The van der Waals surface area contributed by atoms with Gasteiger partial charge in [-0.3, -0.25) is 10.5 Å². The smallest absolute Gasteiger partial charge is 0.128 e. The molecule has 0 fully saturated rings. The molecule has 0 saturated heterocycles. The molecule has 1 aromatic heterocycles. The molecule has 3 N–H and O–H groups in total. The van der Waals surface area contributed by atoms with E-state index in [0.717, 1.165) is 15.7 Å². The van der Waals surface area contributed by atoms with Gasteiger partial charge >= 0.3 is 0 Å². The van der Waals surface area contributed by atoms with Crippen molar-refractivity contribution < 1.29 is 4.39 Å². The number of aromatic nitrogens is 2. The second-order valence-corrected chi connectivity index (χ2v) is 5.17. The largest absolute Gasteiger partial charge is 0.271 e. The third-order valence-corrected chi connectivity index (χ3v) is 3.65. The molecule has 19 heavy (non-hydrogen) atoms. The first-order valence-electron chi connectivity index (χ1n) is 6.01. The number of nitrogens with zero attached hydrogens (tertiary/aromatic N) is 2. The third-order valence-electron chi connectivity index (χ3n) is 3.04. The highest BCUT2D eigenvalue weighted by atomic mass is 79.9. The van der Waals surface area contributed by atoms with Gasteiger partial charge in [-0.15, -0.1) is 0 Å².